The largest absolute Gasteiger partial charge is 0.378 e. The molecule has 0 aliphatic carbocycles. The van der Waals surface area contributed by atoms with Gasteiger partial charge in [-0.15, -0.1) is 0 Å². The number of aromatic nitrogens is 2. The minimum Gasteiger partial charge on any atom is -0.378 e. The third-order valence-corrected chi connectivity index (χ3v) is 5.35. The van der Waals surface area contributed by atoms with Gasteiger partial charge in [-0.2, -0.15) is 0 Å². The number of hydrogen-bond donors (Lipinski definition) is 2. The quantitative estimate of drug-likeness (QED) is 0.611. The van der Waals surface area contributed by atoms with Crippen LogP contribution >= 0.6 is 0 Å². The van der Waals surface area contributed by atoms with Crippen LogP contribution in [0.2, 0.25) is 0 Å². The Morgan fingerprint density at radius 3 is 2.47 bits per heavy atom. The molecule has 2 aromatic carbocycles. The van der Waals surface area contributed by atoms with Crippen LogP contribution in [0.25, 0.3) is 11.4 Å². The number of nitrogens with one attached hydrogen (secondary N) is 2. The zero-order chi connectivity index (χ0) is 22.5. The fourth-order valence-corrected chi connectivity index (χ4v) is 3.67. The Kier molecular flexibility index (Phi) is 6.61. The molecule has 0 radical (unpaired) electrons. The number of ether oxygens (including phenoxy) is 1. The number of carbonyl (C=O) groups excluding carboxylic acids is 1. The van der Waals surface area contributed by atoms with Gasteiger partial charge in [0.15, 0.2) is 5.82 Å². The van der Waals surface area contributed by atoms with Gasteiger partial charge in [0.05, 0.1) is 13.2 Å². The first-order chi connectivity index (χ1) is 15.5. The Balaban J connectivity index is 1.51. The van der Waals surface area contributed by atoms with E-state index in [9.17, 15) is 9.18 Å². The summed E-state index contributed by atoms with van der Waals surface area (Å²) in [6.07, 6.45) is 0.818. The van der Waals surface area contributed by atoms with Crippen molar-refractivity contribution in [2.45, 2.75) is 20.3 Å². The summed E-state index contributed by atoms with van der Waals surface area (Å²) in [6.45, 7) is 7.16. The molecule has 8 heteroatoms. The summed E-state index contributed by atoms with van der Waals surface area (Å²) < 4.78 is 18.8. The van der Waals surface area contributed by atoms with E-state index in [1.54, 1.807) is 18.2 Å². The van der Waals surface area contributed by atoms with Gasteiger partial charge in [-0.25, -0.2) is 19.2 Å². The second-order valence-electron chi connectivity index (χ2n) is 7.56. The van der Waals surface area contributed by atoms with Crippen LogP contribution in [0.4, 0.5) is 26.4 Å². The molecule has 32 heavy (non-hydrogen) atoms. The molecule has 1 aliphatic rings. The zero-order valence-corrected chi connectivity index (χ0v) is 18.2. The standard InChI is InChI=1S/C24H26FN5O2/c1-3-21-16(2)23(30-11-13-32-14-12-30)29-22(28-21)17-7-9-19(10-8-17)26-24(31)27-20-6-4-5-18(25)15-20/h4-10,15H,3,11-14H2,1-2H3,(H2,26,27,31). The number of hydrogen-bond acceptors (Lipinski definition) is 5. The second-order valence-corrected chi connectivity index (χ2v) is 7.56. The van der Waals surface area contributed by atoms with Gasteiger partial charge in [-0.05, 0) is 55.8 Å². The number of amides is 2. The molecule has 7 nitrogen and oxygen atoms in total. The molecule has 166 valence electrons. The maximum atomic E-state index is 13.3. The van der Waals surface area contributed by atoms with Crippen LogP contribution in [0.3, 0.4) is 0 Å². The first-order valence-electron chi connectivity index (χ1n) is 10.7. The molecule has 1 fully saturated rings. The van der Waals surface area contributed by atoms with Gasteiger partial charge in [-0.1, -0.05) is 13.0 Å². The molecule has 3 aromatic rings. The van der Waals surface area contributed by atoms with Gasteiger partial charge in [0, 0.05) is 41.3 Å². The van der Waals surface area contributed by atoms with E-state index in [1.807, 2.05) is 12.1 Å². The number of aryl methyl sites for hydroxylation is 1. The summed E-state index contributed by atoms with van der Waals surface area (Å²) in [6, 6.07) is 12.6. The molecule has 4 rings (SSSR count). The highest BCUT2D eigenvalue weighted by Gasteiger charge is 2.19. The highest BCUT2D eigenvalue weighted by atomic mass is 19.1. The van der Waals surface area contributed by atoms with Crippen molar-refractivity contribution < 1.29 is 13.9 Å². The Bertz CT molecular complexity index is 1100. The predicted octanol–water partition coefficient (Wildman–Crippen LogP) is 4.63. The molecule has 1 saturated heterocycles. The Morgan fingerprint density at radius 2 is 1.78 bits per heavy atom. The number of carbonyl (C=O) groups is 1. The van der Waals surface area contributed by atoms with Gasteiger partial charge in [0.2, 0.25) is 0 Å². The molecule has 2 N–H and O–H groups in total. The van der Waals surface area contributed by atoms with Crippen molar-refractivity contribution in [2.75, 3.05) is 41.8 Å². The molecule has 1 aromatic heterocycles. The van der Waals surface area contributed by atoms with Gasteiger partial charge in [0.25, 0.3) is 0 Å². The molecule has 2 heterocycles. The van der Waals surface area contributed by atoms with E-state index < -0.39 is 11.8 Å². The zero-order valence-electron chi connectivity index (χ0n) is 18.2. The first-order valence-corrected chi connectivity index (χ1v) is 10.7. The maximum Gasteiger partial charge on any atom is 0.323 e. The Labute approximate surface area is 186 Å². The molecular weight excluding hydrogens is 409 g/mol. The number of anilines is 3. The van der Waals surface area contributed by atoms with Crippen molar-refractivity contribution in [1.29, 1.82) is 0 Å². The third-order valence-electron chi connectivity index (χ3n) is 5.35. The van der Waals surface area contributed by atoms with Gasteiger partial charge < -0.3 is 20.3 Å². The van der Waals surface area contributed by atoms with E-state index in [4.69, 9.17) is 14.7 Å². The van der Waals surface area contributed by atoms with Crippen molar-refractivity contribution in [3.8, 4) is 11.4 Å². The number of rotatable bonds is 5. The lowest BCUT2D eigenvalue weighted by Gasteiger charge is -2.29. The fraction of sp³-hybridized carbons (Fsp3) is 0.292. The monoisotopic (exact) mass is 435 g/mol. The van der Waals surface area contributed by atoms with E-state index >= 15 is 0 Å². The normalized spacial score (nSPS) is 13.7. The summed E-state index contributed by atoms with van der Waals surface area (Å²) in [7, 11) is 0. The number of urea groups is 1. The van der Waals surface area contributed by atoms with Gasteiger partial charge >= 0.3 is 6.03 Å². The van der Waals surface area contributed by atoms with Crippen molar-refractivity contribution in [1.82, 2.24) is 9.97 Å². The molecule has 1 aliphatic heterocycles. The molecule has 0 bridgehead atoms. The average molecular weight is 436 g/mol. The number of benzene rings is 2. The van der Waals surface area contributed by atoms with E-state index in [2.05, 4.69) is 29.4 Å². The van der Waals surface area contributed by atoms with Crippen LogP contribution < -0.4 is 15.5 Å². The number of morpholine rings is 1. The van der Waals surface area contributed by atoms with Crippen LogP contribution in [0.5, 0.6) is 0 Å². The molecule has 0 unspecified atom stereocenters. The van der Waals surface area contributed by atoms with Gasteiger partial charge in [0.1, 0.15) is 11.6 Å². The molecule has 0 atom stereocenters. The van der Waals surface area contributed by atoms with E-state index in [0.29, 0.717) is 30.4 Å². The van der Waals surface area contributed by atoms with Crippen LogP contribution in [-0.2, 0) is 11.2 Å². The van der Waals surface area contributed by atoms with Crippen LogP contribution in [0, 0.1) is 12.7 Å². The van der Waals surface area contributed by atoms with E-state index in [0.717, 1.165) is 42.1 Å². The van der Waals surface area contributed by atoms with Crippen molar-refractivity contribution in [2.24, 2.45) is 0 Å². The van der Waals surface area contributed by atoms with Crippen LogP contribution in [0.1, 0.15) is 18.2 Å². The van der Waals surface area contributed by atoms with E-state index in [1.165, 1.54) is 18.2 Å². The Hall–Kier alpha value is -3.52. The van der Waals surface area contributed by atoms with Crippen LogP contribution in [-0.4, -0.2) is 42.3 Å². The van der Waals surface area contributed by atoms with Crippen LogP contribution in [0.15, 0.2) is 48.5 Å². The lowest BCUT2D eigenvalue weighted by molar-refractivity contribution is 0.122. The SMILES string of the molecule is CCc1nc(-c2ccc(NC(=O)Nc3cccc(F)c3)cc2)nc(N2CCOCC2)c1C. The summed E-state index contributed by atoms with van der Waals surface area (Å²) in [4.78, 5) is 24.1. The highest BCUT2D eigenvalue weighted by Crippen LogP contribution is 2.26. The number of halogens is 1. The summed E-state index contributed by atoms with van der Waals surface area (Å²) in [5.41, 5.74) is 3.98. The summed E-state index contributed by atoms with van der Waals surface area (Å²) in [5.74, 6) is 1.20. The predicted molar refractivity (Wildman–Crippen MR) is 124 cm³/mol. The fourth-order valence-electron chi connectivity index (χ4n) is 3.67. The highest BCUT2D eigenvalue weighted by molar-refractivity contribution is 5.99. The second kappa shape index (κ2) is 9.74. The maximum absolute atomic E-state index is 13.3. The van der Waals surface area contributed by atoms with Gasteiger partial charge in [-0.3, -0.25) is 0 Å². The van der Waals surface area contributed by atoms with Crippen molar-refractivity contribution >= 4 is 23.2 Å². The number of nitrogens with zero attached hydrogens (tertiary/aromatic N) is 3. The molecule has 0 spiro atoms. The Morgan fingerprint density at radius 1 is 1.06 bits per heavy atom. The average Bonchev–Trinajstić information content (AvgIpc) is 2.80. The lowest BCUT2D eigenvalue weighted by atomic mass is 10.1. The first kappa shape index (κ1) is 21.7. The van der Waals surface area contributed by atoms with E-state index in [-0.39, 0.29) is 0 Å². The minimum atomic E-state index is -0.446. The minimum absolute atomic E-state index is 0.384. The summed E-state index contributed by atoms with van der Waals surface area (Å²) >= 11 is 0. The van der Waals surface area contributed by atoms with Crippen molar-refractivity contribution in [3.63, 3.8) is 0 Å². The summed E-state index contributed by atoms with van der Waals surface area (Å²) in [5, 5.41) is 5.36. The third kappa shape index (κ3) is 5.03. The molecular formula is C24H26FN5O2. The topological polar surface area (TPSA) is 79.4 Å². The molecule has 0 saturated carbocycles. The smallest absolute Gasteiger partial charge is 0.323 e. The molecule has 2 amide bonds. The lowest BCUT2D eigenvalue weighted by Crippen LogP contribution is -2.37. The van der Waals surface area contributed by atoms with Crippen molar-refractivity contribution in [3.05, 3.63) is 65.6 Å².